The smallest absolute Gasteiger partial charge is 0.214 e. The van der Waals surface area contributed by atoms with Gasteiger partial charge in [0.25, 0.3) is 0 Å². The summed E-state index contributed by atoms with van der Waals surface area (Å²) in [6.07, 6.45) is 8.56. The molecule has 112 valence electrons. The molecular formula is C14H29N2O2S+. The normalized spacial score (nSPS) is 24.7. The average Bonchev–Trinajstić information content (AvgIpc) is 2.46. The molecule has 2 aliphatic rings. The van der Waals surface area contributed by atoms with Crippen LogP contribution >= 0.6 is 0 Å². The zero-order chi connectivity index (χ0) is 13.7. The Hall–Kier alpha value is -0.130. The summed E-state index contributed by atoms with van der Waals surface area (Å²) in [5.74, 6) is 0.336. The lowest BCUT2D eigenvalue weighted by atomic mass is 9.94. The zero-order valence-corrected chi connectivity index (χ0v) is 13.1. The predicted octanol–water partition coefficient (Wildman–Crippen LogP) is 0.650. The first-order chi connectivity index (χ1) is 9.13. The lowest BCUT2D eigenvalue weighted by Crippen LogP contribution is -3.18. The van der Waals surface area contributed by atoms with Crippen LogP contribution in [0.15, 0.2) is 0 Å². The Morgan fingerprint density at radius 1 is 1.11 bits per heavy atom. The Morgan fingerprint density at radius 3 is 2.32 bits per heavy atom. The van der Waals surface area contributed by atoms with Crippen LogP contribution in [0.5, 0.6) is 0 Å². The van der Waals surface area contributed by atoms with Crippen molar-refractivity contribution >= 4 is 10.0 Å². The van der Waals surface area contributed by atoms with Crippen LogP contribution in [0.1, 0.15) is 51.9 Å². The van der Waals surface area contributed by atoms with Crippen molar-refractivity contribution in [3.05, 3.63) is 0 Å². The van der Waals surface area contributed by atoms with Crippen molar-refractivity contribution in [3.8, 4) is 0 Å². The van der Waals surface area contributed by atoms with Gasteiger partial charge in [0.15, 0.2) is 0 Å². The van der Waals surface area contributed by atoms with Crippen LogP contribution in [0.2, 0.25) is 0 Å². The molecule has 0 aromatic heterocycles. The quantitative estimate of drug-likeness (QED) is 0.807. The van der Waals surface area contributed by atoms with E-state index in [1.807, 2.05) is 6.92 Å². The number of piperazine rings is 1. The fourth-order valence-electron chi connectivity index (χ4n) is 3.43. The number of nitrogens with one attached hydrogen (secondary N) is 1. The second-order valence-corrected chi connectivity index (χ2v) is 8.15. The van der Waals surface area contributed by atoms with Crippen LogP contribution in [-0.2, 0) is 10.0 Å². The van der Waals surface area contributed by atoms with Crippen LogP contribution in [-0.4, -0.2) is 50.7 Å². The van der Waals surface area contributed by atoms with E-state index in [0.717, 1.165) is 45.1 Å². The highest BCUT2D eigenvalue weighted by molar-refractivity contribution is 7.89. The van der Waals surface area contributed by atoms with Gasteiger partial charge in [0, 0.05) is 0 Å². The standard InChI is InChI=1S/C14H28N2O2S/c1-2-3-13-19(17,18)16-11-9-15(10-12-16)14-7-5-4-6-8-14/h14H,2-13H2,1H3/p+1. The van der Waals surface area contributed by atoms with Crippen LogP contribution in [0, 0.1) is 0 Å². The number of nitrogens with zero attached hydrogens (tertiary/aromatic N) is 1. The molecule has 1 saturated carbocycles. The largest absolute Gasteiger partial charge is 0.330 e. The van der Waals surface area contributed by atoms with Crippen molar-refractivity contribution in [2.75, 3.05) is 31.9 Å². The van der Waals surface area contributed by atoms with Crippen LogP contribution in [0.4, 0.5) is 0 Å². The molecule has 0 aromatic carbocycles. The van der Waals surface area contributed by atoms with E-state index >= 15 is 0 Å². The summed E-state index contributed by atoms with van der Waals surface area (Å²) in [6, 6.07) is 0.800. The number of hydrogen-bond donors (Lipinski definition) is 1. The average molecular weight is 289 g/mol. The number of quaternary nitrogens is 1. The van der Waals surface area contributed by atoms with Gasteiger partial charge in [-0.1, -0.05) is 19.8 Å². The SMILES string of the molecule is CCCCS(=O)(=O)N1CC[NH+](C2CCCCC2)CC1. The van der Waals surface area contributed by atoms with E-state index in [4.69, 9.17) is 0 Å². The van der Waals surface area contributed by atoms with Crippen molar-refractivity contribution < 1.29 is 13.3 Å². The number of unbranched alkanes of at least 4 members (excludes halogenated alkanes) is 1. The first-order valence-electron chi connectivity index (χ1n) is 7.96. The number of rotatable bonds is 5. The fourth-order valence-corrected chi connectivity index (χ4v) is 5.08. The van der Waals surface area contributed by atoms with Gasteiger partial charge in [-0.05, 0) is 32.1 Å². The Kier molecular flexibility index (Phi) is 5.66. The third kappa shape index (κ3) is 4.17. The minimum absolute atomic E-state index is 0.336. The van der Waals surface area contributed by atoms with E-state index < -0.39 is 10.0 Å². The highest BCUT2D eigenvalue weighted by Crippen LogP contribution is 2.16. The number of hydrogen-bond acceptors (Lipinski definition) is 2. The zero-order valence-electron chi connectivity index (χ0n) is 12.2. The minimum Gasteiger partial charge on any atom is -0.330 e. The molecule has 1 aliphatic carbocycles. The topological polar surface area (TPSA) is 41.8 Å². The Morgan fingerprint density at radius 2 is 1.74 bits per heavy atom. The van der Waals surface area contributed by atoms with Gasteiger partial charge >= 0.3 is 0 Å². The molecular weight excluding hydrogens is 260 g/mol. The molecule has 0 amide bonds. The van der Waals surface area contributed by atoms with E-state index in [2.05, 4.69) is 0 Å². The van der Waals surface area contributed by atoms with Gasteiger partial charge in [0.05, 0.1) is 38.0 Å². The van der Waals surface area contributed by atoms with Gasteiger partial charge in [-0.3, -0.25) is 0 Å². The first-order valence-corrected chi connectivity index (χ1v) is 9.57. The minimum atomic E-state index is -2.98. The molecule has 0 radical (unpaired) electrons. The lowest BCUT2D eigenvalue weighted by molar-refractivity contribution is -0.930. The molecule has 19 heavy (non-hydrogen) atoms. The van der Waals surface area contributed by atoms with E-state index in [1.165, 1.54) is 32.1 Å². The van der Waals surface area contributed by atoms with Crippen molar-refractivity contribution in [2.45, 2.75) is 57.9 Å². The van der Waals surface area contributed by atoms with Gasteiger partial charge in [0.1, 0.15) is 0 Å². The second kappa shape index (κ2) is 7.04. The van der Waals surface area contributed by atoms with Crippen LogP contribution in [0.25, 0.3) is 0 Å². The molecule has 5 heteroatoms. The maximum absolute atomic E-state index is 12.1. The Balaban J connectivity index is 1.81. The summed E-state index contributed by atoms with van der Waals surface area (Å²) < 4.78 is 26.0. The fraction of sp³-hybridized carbons (Fsp3) is 1.00. The molecule has 1 heterocycles. The van der Waals surface area contributed by atoms with E-state index in [9.17, 15) is 8.42 Å². The molecule has 0 aromatic rings. The highest BCUT2D eigenvalue weighted by Gasteiger charge is 2.32. The summed E-state index contributed by atoms with van der Waals surface area (Å²) in [4.78, 5) is 1.65. The third-order valence-corrected chi connectivity index (χ3v) is 6.65. The van der Waals surface area contributed by atoms with Crippen molar-refractivity contribution in [1.29, 1.82) is 0 Å². The summed E-state index contributed by atoms with van der Waals surface area (Å²) in [5.41, 5.74) is 0. The first kappa shape index (κ1) is 15.3. The monoisotopic (exact) mass is 289 g/mol. The van der Waals surface area contributed by atoms with E-state index in [0.29, 0.717) is 5.75 Å². The molecule has 1 aliphatic heterocycles. The number of sulfonamides is 1. The molecule has 1 saturated heterocycles. The van der Waals surface area contributed by atoms with Crippen molar-refractivity contribution in [3.63, 3.8) is 0 Å². The predicted molar refractivity (Wildman–Crippen MR) is 77.8 cm³/mol. The summed E-state index contributed by atoms with van der Waals surface area (Å²) >= 11 is 0. The molecule has 2 fully saturated rings. The van der Waals surface area contributed by atoms with Gasteiger partial charge in [-0.2, -0.15) is 4.31 Å². The molecule has 0 spiro atoms. The maximum Gasteiger partial charge on any atom is 0.214 e. The summed E-state index contributed by atoms with van der Waals surface area (Å²) in [7, 11) is -2.98. The van der Waals surface area contributed by atoms with Crippen LogP contribution in [0.3, 0.4) is 0 Å². The molecule has 0 atom stereocenters. The van der Waals surface area contributed by atoms with Crippen molar-refractivity contribution in [1.82, 2.24) is 4.31 Å². The van der Waals surface area contributed by atoms with E-state index in [-0.39, 0.29) is 0 Å². The summed E-state index contributed by atoms with van der Waals surface area (Å²) in [5, 5.41) is 0. The maximum atomic E-state index is 12.1. The Labute approximate surface area is 118 Å². The Bertz CT molecular complexity index is 356. The molecule has 0 bridgehead atoms. The van der Waals surface area contributed by atoms with Gasteiger partial charge in [-0.25, -0.2) is 8.42 Å². The molecule has 1 N–H and O–H groups in total. The lowest BCUT2D eigenvalue weighted by Gasteiger charge is -2.37. The van der Waals surface area contributed by atoms with Crippen LogP contribution < -0.4 is 4.90 Å². The third-order valence-electron chi connectivity index (χ3n) is 4.70. The molecule has 2 rings (SSSR count). The van der Waals surface area contributed by atoms with Crippen molar-refractivity contribution in [2.24, 2.45) is 0 Å². The van der Waals surface area contributed by atoms with Gasteiger partial charge < -0.3 is 4.90 Å². The molecule has 4 nitrogen and oxygen atoms in total. The van der Waals surface area contributed by atoms with Gasteiger partial charge in [0.2, 0.25) is 10.0 Å². The van der Waals surface area contributed by atoms with E-state index in [1.54, 1.807) is 9.21 Å². The highest BCUT2D eigenvalue weighted by atomic mass is 32.2. The second-order valence-electron chi connectivity index (χ2n) is 6.06. The van der Waals surface area contributed by atoms with Gasteiger partial charge in [-0.15, -0.1) is 0 Å². The molecule has 0 unspecified atom stereocenters. The summed E-state index contributed by atoms with van der Waals surface area (Å²) in [6.45, 7) is 5.53.